The molecule has 0 saturated carbocycles. The van der Waals surface area contributed by atoms with E-state index in [4.69, 9.17) is 15.2 Å². The standard InChI is InChI=1S/C14H17N3O2.ClH.H2O/c1-8-11-7-13(19-4)12(18-3)5-10(11)6-14(16-8)17-9(2)15;;/h5-7H,1-4H3,(H2,15,16,17);1H;1H2. The SMILES string of the molecule is COc1cc2cc(/N=C(/C)N)nc(C)c2cc1OC.Cl.O. The van der Waals surface area contributed by atoms with Crippen LogP contribution in [0.2, 0.25) is 0 Å². The van der Waals surface area contributed by atoms with Crippen LogP contribution in [0.3, 0.4) is 0 Å². The maximum atomic E-state index is 5.59. The first-order valence-electron chi connectivity index (χ1n) is 5.89. The first-order chi connectivity index (χ1) is 9.05. The van der Waals surface area contributed by atoms with Gasteiger partial charge in [0.1, 0.15) is 0 Å². The van der Waals surface area contributed by atoms with E-state index >= 15 is 0 Å². The van der Waals surface area contributed by atoms with E-state index < -0.39 is 0 Å². The van der Waals surface area contributed by atoms with Gasteiger partial charge in [0.2, 0.25) is 0 Å². The summed E-state index contributed by atoms with van der Waals surface area (Å²) >= 11 is 0. The maximum Gasteiger partial charge on any atom is 0.161 e. The van der Waals surface area contributed by atoms with E-state index in [0.29, 0.717) is 23.2 Å². The molecule has 0 radical (unpaired) electrons. The summed E-state index contributed by atoms with van der Waals surface area (Å²) in [5, 5.41) is 2.00. The van der Waals surface area contributed by atoms with Gasteiger partial charge in [0.15, 0.2) is 17.3 Å². The molecule has 0 saturated heterocycles. The van der Waals surface area contributed by atoms with Gasteiger partial charge in [-0.15, -0.1) is 12.4 Å². The second-order valence-corrected chi connectivity index (χ2v) is 4.25. The van der Waals surface area contributed by atoms with Gasteiger partial charge >= 0.3 is 0 Å². The zero-order valence-electron chi connectivity index (χ0n) is 12.4. The molecule has 7 heteroatoms. The molecule has 116 valence electrons. The molecule has 0 aliphatic carbocycles. The lowest BCUT2D eigenvalue weighted by molar-refractivity contribution is 0.356. The number of benzene rings is 1. The molecule has 0 bridgehead atoms. The molecule has 0 amide bonds. The molecule has 0 atom stereocenters. The molecule has 0 unspecified atom stereocenters. The van der Waals surface area contributed by atoms with Gasteiger partial charge in [-0.1, -0.05) is 0 Å². The molecule has 1 aromatic heterocycles. The Bertz CT molecular complexity index is 655. The number of rotatable bonds is 3. The van der Waals surface area contributed by atoms with Gasteiger partial charge in [0.05, 0.1) is 20.1 Å². The van der Waals surface area contributed by atoms with Crippen molar-refractivity contribution in [2.75, 3.05) is 14.2 Å². The molecule has 6 nitrogen and oxygen atoms in total. The highest BCUT2D eigenvalue weighted by Gasteiger charge is 2.09. The molecule has 2 rings (SSSR count). The number of aliphatic imine (C=N–C) groups is 1. The highest BCUT2D eigenvalue weighted by molar-refractivity contribution is 5.90. The second kappa shape index (κ2) is 7.66. The number of ether oxygens (including phenoxy) is 2. The highest BCUT2D eigenvalue weighted by Crippen LogP contribution is 2.34. The van der Waals surface area contributed by atoms with Crippen molar-refractivity contribution in [3.05, 3.63) is 23.9 Å². The molecule has 0 aliphatic heterocycles. The van der Waals surface area contributed by atoms with E-state index in [9.17, 15) is 0 Å². The molecule has 0 spiro atoms. The molecular weight excluding hydrogens is 294 g/mol. The zero-order chi connectivity index (χ0) is 14.0. The average molecular weight is 314 g/mol. The predicted molar refractivity (Wildman–Crippen MR) is 87.4 cm³/mol. The minimum absolute atomic E-state index is 0. The van der Waals surface area contributed by atoms with Gasteiger partial charge in [-0.05, 0) is 37.4 Å². The van der Waals surface area contributed by atoms with Gasteiger partial charge in [0, 0.05) is 11.1 Å². The fourth-order valence-electron chi connectivity index (χ4n) is 1.97. The average Bonchev–Trinajstić information content (AvgIpc) is 2.36. The number of methoxy groups -OCH3 is 2. The smallest absolute Gasteiger partial charge is 0.161 e. The number of aromatic nitrogens is 1. The summed E-state index contributed by atoms with van der Waals surface area (Å²) in [4.78, 5) is 8.59. The number of hydrogen-bond donors (Lipinski definition) is 1. The molecule has 1 heterocycles. The largest absolute Gasteiger partial charge is 0.493 e. The Balaban J connectivity index is 0.00000200. The Morgan fingerprint density at radius 3 is 2.24 bits per heavy atom. The van der Waals surface area contributed by atoms with Crippen LogP contribution in [0.25, 0.3) is 10.8 Å². The van der Waals surface area contributed by atoms with Gasteiger partial charge in [-0.3, -0.25) is 0 Å². The predicted octanol–water partition coefficient (Wildman–Crippen LogP) is 2.17. The van der Waals surface area contributed by atoms with Crippen LogP contribution in [-0.4, -0.2) is 30.5 Å². The fraction of sp³-hybridized carbons (Fsp3) is 0.286. The van der Waals surface area contributed by atoms with E-state index in [1.54, 1.807) is 21.1 Å². The topological polar surface area (TPSA) is 101 Å². The van der Waals surface area contributed by atoms with Crippen molar-refractivity contribution < 1.29 is 14.9 Å². The van der Waals surface area contributed by atoms with Crippen molar-refractivity contribution in [2.45, 2.75) is 13.8 Å². The van der Waals surface area contributed by atoms with Crippen LogP contribution in [0.4, 0.5) is 5.82 Å². The summed E-state index contributed by atoms with van der Waals surface area (Å²) in [5.41, 5.74) is 6.46. The molecular formula is C14H20ClN3O3. The fourth-order valence-corrected chi connectivity index (χ4v) is 1.97. The number of fused-ring (bicyclic) bond motifs is 1. The maximum absolute atomic E-state index is 5.59. The Morgan fingerprint density at radius 1 is 1.14 bits per heavy atom. The van der Waals surface area contributed by atoms with Crippen LogP contribution in [0.5, 0.6) is 11.5 Å². The van der Waals surface area contributed by atoms with E-state index in [0.717, 1.165) is 16.5 Å². The Morgan fingerprint density at radius 2 is 1.71 bits per heavy atom. The van der Waals surface area contributed by atoms with Crippen molar-refractivity contribution in [3.8, 4) is 11.5 Å². The number of nitrogens with two attached hydrogens (primary N) is 1. The molecule has 0 aliphatic rings. The summed E-state index contributed by atoms with van der Waals surface area (Å²) in [6.45, 7) is 3.66. The lowest BCUT2D eigenvalue weighted by atomic mass is 10.1. The first kappa shape index (κ1) is 18.9. The zero-order valence-corrected chi connectivity index (χ0v) is 13.2. The van der Waals surface area contributed by atoms with Crippen LogP contribution in [0, 0.1) is 6.92 Å². The number of nitrogens with zero attached hydrogens (tertiary/aromatic N) is 2. The lowest BCUT2D eigenvalue weighted by Gasteiger charge is -2.10. The van der Waals surface area contributed by atoms with E-state index in [2.05, 4.69) is 9.98 Å². The van der Waals surface area contributed by atoms with Crippen LogP contribution in [0.15, 0.2) is 23.2 Å². The monoisotopic (exact) mass is 313 g/mol. The van der Waals surface area contributed by atoms with Crippen molar-refractivity contribution in [1.82, 2.24) is 4.98 Å². The van der Waals surface area contributed by atoms with Gasteiger partial charge in [0.25, 0.3) is 0 Å². The number of pyridine rings is 1. The minimum atomic E-state index is 0. The Hall–Kier alpha value is -2.05. The summed E-state index contributed by atoms with van der Waals surface area (Å²) in [7, 11) is 3.23. The molecule has 21 heavy (non-hydrogen) atoms. The third-order valence-electron chi connectivity index (χ3n) is 2.80. The van der Waals surface area contributed by atoms with Gasteiger partial charge in [-0.2, -0.15) is 0 Å². The highest BCUT2D eigenvalue weighted by atomic mass is 35.5. The van der Waals surface area contributed by atoms with Gasteiger partial charge in [-0.25, -0.2) is 9.98 Å². The summed E-state index contributed by atoms with van der Waals surface area (Å²) in [6.07, 6.45) is 0. The normalized spacial score (nSPS) is 10.6. The van der Waals surface area contributed by atoms with E-state index in [-0.39, 0.29) is 17.9 Å². The third-order valence-corrected chi connectivity index (χ3v) is 2.80. The number of hydrogen-bond acceptors (Lipinski definition) is 4. The minimum Gasteiger partial charge on any atom is -0.493 e. The van der Waals surface area contributed by atoms with Crippen LogP contribution >= 0.6 is 12.4 Å². The number of halogens is 1. The van der Waals surface area contributed by atoms with E-state index in [1.807, 2.05) is 25.1 Å². The molecule has 0 fully saturated rings. The second-order valence-electron chi connectivity index (χ2n) is 4.25. The van der Waals surface area contributed by atoms with Crippen molar-refractivity contribution >= 4 is 34.8 Å². The Kier molecular flexibility index (Phi) is 6.91. The van der Waals surface area contributed by atoms with Crippen LogP contribution < -0.4 is 15.2 Å². The van der Waals surface area contributed by atoms with Crippen molar-refractivity contribution in [1.29, 1.82) is 0 Å². The first-order valence-corrected chi connectivity index (χ1v) is 5.89. The van der Waals surface area contributed by atoms with Gasteiger partial charge < -0.3 is 20.7 Å². The van der Waals surface area contributed by atoms with Crippen LogP contribution in [0.1, 0.15) is 12.6 Å². The molecule has 1 aromatic carbocycles. The van der Waals surface area contributed by atoms with Crippen molar-refractivity contribution in [3.63, 3.8) is 0 Å². The lowest BCUT2D eigenvalue weighted by Crippen LogP contribution is -2.04. The quantitative estimate of drug-likeness (QED) is 0.693. The van der Waals surface area contributed by atoms with Crippen LogP contribution in [-0.2, 0) is 0 Å². The number of aryl methyl sites for hydroxylation is 1. The third kappa shape index (κ3) is 3.96. The summed E-state index contributed by atoms with van der Waals surface area (Å²) in [6, 6.07) is 5.70. The Labute approximate surface area is 129 Å². The number of amidine groups is 1. The van der Waals surface area contributed by atoms with Crippen molar-refractivity contribution in [2.24, 2.45) is 10.7 Å². The van der Waals surface area contributed by atoms with E-state index in [1.165, 1.54) is 0 Å². The molecule has 4 N–H and O–H groups in total. The molecule has 2 aromatic rings. The summed E-state index contributed by atoms with van der Waals surface area (Å²) < 4.78 is 10.6. The summed E-state index contributed by atoms with van der Waals surface area (Å²) in [5.74, 6) is 2.44.